The van der Waals surface area contributed by atoms with Crippen LogP contribution in [0.15, 0.2) is 77.7 Å². The summed E-state index contributed by atoms with van der Waals surface area (Å²) >= 11 is 5.86. The average molecular weight is 479 g/mol. The Kier molecular flexibility index (Phi) is 7.27. The van der Waals surface area contributed by atoms with Gasteiger partial charge in [0.15, 0.2) is 9.84 Å². The second kappa shape index (κ2) is 9.93. The SMILES string of the molecule is CO/C(=C\C(c1cc(F)ccc1F)S(=O)(=O)c1ccc(Cl)cc1)c1ccccc1OC=O. The van der Waals surface area contributed by atoms with E-state index in [-0.39, 0.29) is 28.4 Å². The molecule has 0 saturated heterocycles. The Morgan fingerprint density at radius 1 is 1.03 bits per heavy atom. The lowest BCUT2D eigenvalue weighted by Crippen LogP contribution is -2.15. The van der Waals surface area contributed by atoms with Crippen molar-refractivity contribution in [2.75, 3.05) is 7.11 Å². The largest absolute Gasteiger partial charge is 0.496 e. The third-order valence-corrected chi connectivity index (χ3v) is 6.83. The van der Waals surface area contributed by atoms with Gasteiger partial charge in [-0.1, -0.05) is 23.7 Å². The predicted molar refractivity (Wildman–Crippen MR) is 116 cm³/mol. The number of para-hydroxylation sites is 1. The highest BCUT2D eigenvalue weighted by Crippen LogP contribution is 2.36. The zero-order valence-corrected chi connectivity index (χ0v) is 18.2. The Morgan fingerprint density at radius 2 is 1.72 bits per heavy atom. The summed E-state index contributed by atoms with van der Waals surface area (Å²) < 4.78 is 65.9. The monoisotopic (exact) mass is 478 g/mol. The van der Waals surface area contributed by atoms with Gasteiger partial charge in [-0.2, -0.15) is 0 Å². The second-order valence-electron chi connectivity index (χ2n) is 6.53. The molecule has 166 valence electrons. The normalized spacial score (nSPS) is 12.8. The molecule has 32 heavy (non-hydrogen) atoms. The van der Waals surface area contributed by atoms with Gasteiger partial charge in [-0.25, -0.2) is 17.2 Å². The minimum Gasteiger partial charge on any atom is -0.496 e. The van der Waals surface area contributed by atoms with Gasteiger partial charge in [0.1, 0.15) is 28.4 Å². The zero-order valence-electron chi connectivity index (χ0n) is 16.7. The number of benzene rings is 3. The summed E-state index contributed by atoms with van der Waals surface area (Å²) in [4.78, 5) is 10.7. The summed E-state index contributed by atoms with van der Waals surface area (Å²) in [7, 11) is -3.01. The smallest absolute Gasteiger partial charge is 0.298 e. The van der Waals surface area contributed by atoms with Gasteiger partial charge >= 0.3 is 0 Å². The Bertz CT molecular complexity index is 1260. The minimum atomic E-state index is -4.28. The van der Waals surface area contributed by atoms with E-state index in [2.05, 4.69) is 0 Å². The first-order chi connectivity index (χ1) is 15.3. The number of carbonyl (C=O) groups excluding carboxylic acids is 1. The van der Waals surface area contributed by atoms with Crippen LogP contribution in [0.5, 0.6) is 5.75 Å². The molecule has 1 atom stereocenters. The number of methoxy groups -OCH3 is 1. The molecular weight excluding hydrogens is 462 g/mol. The number of hydrogen-bond donors (Lipinski definition) is 0. The molecule has 0 aliphatic heterocycles. The van der Waals surface area contributed by atoms with Gasteiger partial charge in [0, 0.05) is 10.6 Å². The van der Waals surface area contributed by atoms with Gasteiger partial charge in [-0.15, -0.1) is 0 Å². The van der Waals surface area contributed by atoms with Crippen molar-refractivity contribution < 1.29 is 31.5 Å². The van der Waals surface area contributed by atoms with Gasteiger partial charge in [0.25, 0.3) is 6.47 Å². The van der Waals surface area contributed by atoms with Gasteiger partial charge < -0.3 is 9.47 Å². The first kappa shape index (κ1) is 23.4. The lowest BCUT2D eigenvalue weighted by molar-refractivity contribution is -0.120. The van der Waals surface area contributed by atoms with Crippen molar-refractivity contribution >= 4 is 33.7 Å². The molecule has 0 N–H and O–H groups in total. The van der Waals surface area contributed by atoms with E-state index in [0.717, 1.165) is 24.3 Å². The molecule has 0 aliphatic carbocycles. The lowest BCUT2D eigenvalue weighted by atomic mass is 10.1. The van der Waals surface area contributed by atoms with E-state index in [4.69, 9.17) is 21.1 Å². The Balaban J connectivity index is 2.26. The Labute approximate surface area is 188 Å². The van der Waals surface area contributed by atoms with Crippen molar-refractivity contribution in [3.05, 3.63) is 101 Å². The van der Waals surface area contributed by atoms with E-state index in [9.17, 15) is 22.0 Å². The van der Waals surface area contributed by atoms with Crippen LogP contribution >= 0.6 is 11.6 Å². The summed E-state index contributed by atoms with van der Waals surface area (Å²) in [5.41, 5.74) is -0.168. The van der Waals surface area contributed by atoms with E-state index in [1.807, 2.05) is 0 Å². The van der Waals surface area contributed by atoms with E-state index >= 15 is 0 Å². The van der Waals surface area contributed by atoms with Crippen molar-refractivity contribution in [2.24, 2.45) is 0 Å². The molecular formula is C23H17ClF2O5S. The van der Waals surface area contributed by atoms with E-state index in [1.165, 1.54) is 43.5 Å². The highest BCUT2D eigenvalue weighted by atomic mass is 35.5. The average Bonchev–Trinajstić information content (AvgIpc) is 2.77. The van der Waals surface area contributed by atoms with Crippen molar-refractivity contribution in [2.45, 2.75) is 10.1 Å². The molecule has 0 aromatic heterocycles. The van der Waals surface area contributed by atoms with Crippen molar-refractivity contribution in [1.82, 2.24) is 0 Å². The first-order valence-corrected chi connectivity index (χ1v) is 11.1. The van der Waals surface area contributed by atoms with Gasteiger partial charge in [0.2, 0.25) is 0 Å². The fraction of sp³-hybridized carbons (Fsp3) is 0.0870. The highest BCUT2D eigenvalue weighted by molar-refractivity contribution is 7.91. The van der Waals surface area contributed by atoms with Crippen LogP contribution < -0.4 is 4.74 Å². The predicted octanol–water partition coefficient (Wildman–Crippen LogP) is 5.36. The van der Waals surface area contributed by atoms with Crippen molar-refractivity contribution in [3.8, 4) is 5.75 Å². The molecule has 0 spiro atoms. The van der Waals surface area contributed by atoms with Crippen molar-refractivity contribution in [3.63, 3.8) is 0 Å². The third-order valence-electron chi connectivity index (χ3n) is 4.59. The summed E-state index contributed by atoms with van der Waals surface area (Å²) in [6, 6.07) is 14.1. The second-order valence-corrected chi connectivity index (χ2v) is 9.04. The maximum Gasteiger partial charge on any atom is 0.298 e. The summed E-state index contributed by atoms with van der Waals surface area (Å²) in [5.74, 6) is -1.65. The quantitative estimate of drug-likeness (QED) is 0.322. The topological polar surface area (TPSA) is 69.7 Å². The van der Waals surface area contributed by atoms with Crippen molar-refractivity contribution in [1.29, 1.82) is 0 Å². The first-order valence-electron chi connectivity index (χ1n) is 9.18. The summed E-state index contributed by atoms with van der Waals surface area (Å²) in [6.07, 6.45) is 1.13. The Morgan fingerprint density at radius 3 is 2.38 bits per heavy atom. The van der Waals surface area contributed by atoms with Crippen LogP contribution in [0, 0.1) is 11.6 Å². The molecule has 9 heteroatoms. The minimum absolute atomic E-state index is 0.0198. The fourth-order valence-electron chi connectivity index (χ4n) is 3.08. The van der Waals surface area contributed by atoms with Crippen LogP contribution in [0.25, 0.3) is 5.76 Å². The number of sulfone groups is 1. The highest BCUT2D eigenvalue weighted by Gasteiger charge is 2.31. The van der Waals surface area contributed by atoms with Crippen LogP contribution in [0.1, 0.15) is 16.4 Å². The summed E-state index contributed by atoms with van der Waals surface area (Å²) in [6.45, 7) is 0.209. The van der Waals surface area contributed by atoms with Crippen LogP contribution in [-0.4, -0.2) is 22.0 Å². The number of hydrogen-bond acceptors (Lipinski definition) is 5. The number of carbonyl (C=O) groups is 1. The van der Waals surface area contributed by atoms with E-state index in [0.29, 0.717) is 5.02 Å². The Hall–Kier alpha value is -3.23. The molecule has 0 amide bonds. The molecule has 0 aliphatic rings. The molecule has 0 saturated carbocycles. The maximum atomic E-state index is 14.7. The molecule has 1 unspecified atom stereocenters. The summed E-state index contributed by atoms with van der Waals surface area (Å²) in [5, 5.41) is -1.36. The molecule has 3 aromatic rings. The number of halogens is 3. The molecule has 5 nitrogen and oxygen atoms in total. The maximum absolute atomic E-state index is 14.7. The van der Waals surface area contributed by atoms with Crippen LogP contribution in [0.3, 0.4) is 0 Å². The molecule has 0 heterocycles. The van der Waals surface area contributed by atoms with Gasteiger partial charge in [0.05, 0.1) is 17.6 Å². The van der Waals surface area contributed by atoms with Gasteiger partial charge in [-0.05, 0) is 60.7 Å². The third kappa shape index (κ3) is 4.98. The van der Waals surface area contributed by atoms with Crippen LogP contribution in [0.2, 0.25) is 5.02 Å². The standard InChI is InChI=1S/C23H17ClF2O5S/c1-30-22(18-4-2-3-5-21(18)31-14-27)13-23(19-12-16(25)8-11-20(19)26)32(28,29)17-9-6-15(24)7-10-17/h2-14,23H,1H3/b22-13-. The van der Waals surface area contributed by atoms with E-state index in [1.54, 1.807) is 12.1 Å². The van der Waals surface area contributed by atoms with Gasteiger partial charge in [-0.3, -0.25) is 4.79 Å². The zero-order chi connectivity index (χ0) is 23.3. The lowest BCUT2D eigenvalue weighted by Gasteiger charge is -2.18. The van der Waals surface area contributed by atoms with E-state index < -0.39 is 32.3 Å². The number of rotatable bonds is 8. The molecule has 3 rings (SSSR count). The number of ether oxygens (including phenoxy) is 2. The molecule has 3 aromatic carbocycles. The molecule has 0 bridgehead atoms. The van der Waals surface area contributed by atoms with Crippen LogP contribution in [0.4, 0.5) is 8.78 Å². The fourth-order valence-corrected chi connectivity index (χ4v) is 4.83. The molecule has 0 radical (unpaired) electrons. The molecule has 0 fully saturated rings. The van der Waals surface area contributed by atoms with Crippen LogP contribution in [-0.2, 0) is 19.4 Å².